The Hall–Kier alpha value is -4.71. The number of hydrogen-bond donors (Lipinski definition) is 3. The minimum absolute atomic E-state index is 0.0283. The van der Waals surface area contributed by atoms with Crippen molar-refractivity contribution in [2.45, 2.75) is 63.2 Å². The maximum atomic E-state index is 13.7. The summed E-state index contributed by atoms with van der Waals surface area (Å²) in [4.78, 5) is 52.4. The van der Waals surface area contributed by atoms with Crippen LogP contribution in [0.3, 0.4) is 0 Å². The van der Waals surface area contributed by atoms with Crippen molar-refractivity contribution in [3.05, 3.63) is 107 Å². The van der Waals surface area contributed by atoms with E-state index in [-0.39, 0.29) is 31.8 Å². The summed E-state index contributed by atoms with van der Waals surface area (Å²) in [6.07, 6.45) is -5.46. The molecule has 0 saturated carbocycles. The fraction of sp³-hybridized carbons (Fsp3) is 0.333. The largest absolute Gasteiger partial charge is 0.445 e. The van der Waals surface area contributed by atoms with Crippen LogP contribution in [-0.4, -0.2) is 54.0 Å². The van der Waals surface area contributed by atoms with E-state index in [2.05, 4.69) is 16.0 Å². The molecule has 1 heterocycles. The van der Waals surface area contributed by atoms with Gasteiger partial charge in [0.05, 0.1) is 18.2 Å². The van der Waals surface area contributed by atoms with Crippen molar-refractivity contribution in [2.75, 3.05) is 6.61 Å². The lowest BCUT2D eigenvalue weighted by molar-refractivity contribution is -0.137. The van der Waals surface area contributed by atoms with Gasteiger partial charge in [0.25, 0.3) is 0 Å². The van der Waals surface area contributed by atoms with Crippen LogP contribution in [0.25, 0.3) is 0 Å². The maximum Gasteiger partial charge on any atom is 0.416 e. The Labute approximate surface area is 258 Å². The summed E-state index contributed by atoms with van der Waals surface area (Å²) >= 11 is 0. The van der Waals surface area contributed by atoms with E-state index in [1.165, 1.54) is 19.1 Å². The van der Waals surface area contributed by atoms with Gasteiger partial charge >= 0.3 is 12.3 Å². The van der Waals surface area contributed by atoms with E-state index >= 15 is 0 Å². The lowest BCUT2D eigenvalue weighted by Crippen LogP contribution is -2.57. The van der Waals surface area contributed by atoms with Gasteiger partial charge in [-0.25, -0.2) is 4.79 Å². The Bertz CT molecular complexity index is 1480. The van der Waals surface area contributed by atoms with E-state index in [4.69, 9.17) is 9.47 Å². The topological polar surface area (TPSA) is 126 Å². The van der Waals surface area contributed by atoms with Crippen molar-refractivity contribution < 1.29 is 41.8 Å². The summed E-state index contributed by atoms with van der Waals surface area (Å²) in [5.41, 5.74) is -0.0833. The molecule has 0 radical (unpaired) electrons. The summed E-state index contributed by atoms with van der Waals surface area (Å²) < 4.78 is 49.8. The van der Waals surface area contributed by atoms with Crippen molar-refractivity contribution >= 4 is 23.7 Å². The van der Waals surface area contributed by atoms with Crippen LogP contribution in [-0.2, 0) is 49.5 Å². The highest BCUT2D eigenvalue weighted by Gasteiger charge is 2.50. The van der Waals surface area contributed by atoms with Crippen LogP contribution < -0.4 is 16.0 Å². The molecule has 4 atom stereocenters. The van der Waals surface area contributed by atoms with Crippen molar-refractivity contribution in [1.82, 2.24) is 16.0 Å². The van der Waals surface area contributed by atoms with Crippen molar-refractivity contribution in [3.63, 3.8) is 0 Å². The lowest BCUT2D eigenvalue weighted by atomic mass is 9.94. The van der Waals surface area contributed by atoms with Crippen LogP contribution in [0.5, 0.6) is 0 Å². The van der Waals surface area contributed by atoms with E-state index in [0.29, 0.717) is 5.56 Å². The number of alkyl carbamates (subject to hydrolysis) is 1. The Morgan fingerprint density at radius 1 is 0.778 bits per heavy atom. The van der Waals surface area contributed by atoms with Gasteiger partial charge in [-0.3, -0.25) is 14.4 Å². The molecular weight excluding hydrogens is 591 g/mol. The fourth-order valence-electron chi connectivity index (χ4n) is 4.53. The molecule has 0 aliphatic carbocycles. The average molecular weight is 626 g/mol. The molecule has 1 aliphatic rings. The summed E-state index contributed by atoms with van der Waals surface area (Å²) in [6.45, 7) is 3.17. The summed E-state index contributed by atoms with van der Waals surface area (Å²) in [5.74, 6) is -1.83. The summed E-state index contributed by atoms with van der Waals surface area (Å²) in [5, 5.41) is 7.68. The number of Topliss-reactive ketones (excluding diaryl/α,β-unsaturated/α-hetero) is 1. The molecule has 1 saturated heterocycles. The minimum Gasteiger partial charge on any atom is -0.445 e. The van der Waals surface area contributed by atoms with Crippen LogP contribution in [0.2, 0.25) is 0 Å². The number of ether oxygens (including phenoxy) is 2. The normalized spacial score (nSPS) is 17.7. The molecule has 3 amide bonds. The van der Waals surface area contributed by atoms with Crippen molar-refractivity contribution in [1.29, 1.82) is 0 Å². The Kier molecular flexibility index (Phi) is 10.6. The third-order valence-electron chi connectivity index (χ3n) is 7.31. The molecule has 0 spiro atoms. The summed E-state index contributed by atoms with van der Waals surface area (Å²) in [6, 6.07) is 18.6. The molecule has 238 valence electrons. The predicted molar refractivity (Wildman–Crippen MR) is 158 cm³/mol. The molecule has 0 bridgehead atoms. The van der Waals surface area contributed by atoms with Crippen LogP contribution in [0, 0.1) is 0 Å². The van der Waals surface area contributed by atoms with E-state index in [0.717, 1.165) is 23.3 Å². The molecule has 1 fully saturated rings. The number of carbonyl (C=O) groups is 4. The van der Waals surface area contributed by atoms with E-state index in [1.54, 1.807) is 55.5 Å². The first-order valence-corrected chi connectivity index (χ1v) is 14.3. The van der Waals surface area contributed by atoms with Crippen LogP contribution in [0.1, 0.15) is 36.1 Å². The third-order valence-corrected chi connectivity index (χ3v) is 7.31. The number of ketones is 1. The SMILES string of the molecule is C[C@@H](NC(=O)OCc1ccccc1)C(=O)N[C@@H](Cc1ccc(C(F)(F)F)cc1)C(=O)N[C@@H](Cc1ccccc1)C(=O)[C@@]1(C)CO1. The van der Waals surface area contributed by atoms with Crippen molar-refractivity contribution in [3.8, 4) is 0 Å². The number of carbonyl (C=O) groups excluding carboxylic acids is 4. The molecule has 45 heavy (non-hydrogen) atoms. The number of alkyl halides is 3. The van der Waals surface area contributed by atoms with E-state index in [1.807, 2.05) is 12.1 Å². The Balaban J connectivity index is 1.48. The first-order valence-electron chi connectivity index (χ1n) is 14.3. The third kappa shape index (κ3) is 9.64. The Morgan fingerprint density at radius 2 is 1.29 bits per heavy atom. The van der Waals surface area contributed by atoms with Gasteiger partial charge in [0.1, 0.15) is 24.3 Å². The quantitative estimate of drug-likeness (QED) is 0.245. The highest BCUT2D eigenvalue weighted by molar-refractivity contribution is 5.98. The zero-order valence-corrected chi connectivity index (χ0v) is 24.7. The average Bonchev–Trinajstić information content (AvgIpc) is 3.78. The second kappa shape index (κ2) is 14.4. The van der Waals surface area contributed by atoms with Gasteiger partial charge in [-0.2, -0.15) is 13.2 Å². The summed E-state index contributed by atoms with van der Waals surface area (Å²) in [7, 11) is 0. The standard InChI is InChI=1S/C33H34F3N3O6/c1-21(37-31(43)44-19-24-11-7-4-8-12-24)29(41)39-27(18-23-13-15-25(16-14-23)33(34,35)36)30(42)38-26(28(40)32(2)20-45-32)17-22-9-5-3-6-10-22/h3-16,21,26-27H,17-20H2,1-2H3,(H,37,43)(H,38,42)(H,39,41)/t21-,26+,27+,32-/m1/s1. The predicted octanol–water partition coefficient (Wildman–Crippen LogP) is 4.13. The van der Waals surface area contributed by atoms with Gasteiger partial charge in [-0.15, -0.1) is 0 Å². The minimum atomic E-state index is -4.55. The molecule has 3 aromatic carbocycles. The van der Waals surface area contributed by atoms with Gasteiger partial charge in [-0.1, -0.05) is 72.8 Å². The number of amides is 3. The number of rotatable bonds is 13. The molecule has 3 aromatic rings. The molecule has 0 unspecified atom stereocenters. The molecule has 0 aromatic heterocycles. The molecule has 1 aliphatic heterocycles. The number of hydrogen-bond acceptors (Lipinski definition) is 6. The van der Waals surface area contributed by atoms with Gasteiger partial charge in [0.15, 0.2) is 5.78 Å². The first kappa shape index (κ1) is 33.2. The smallest absolute Gasteiger partial charge is 0.416 e. The number of benzene rings is 3. The zero-order chi connectivity index (χ0) is 32.6. The highest BCUT2D eigenvalue weighted by atomic mass is 19.4. The number of halogens is 3. The lowest BCUT2D eigenvalue weighted by Gasteiger charge is -2.25. The molecule has 3 N–H and O–H groups in total. The zero-order valence-electron chi connectivity index (χ0n) is 24.7. The maximum absolute atomic E-state index is 13.7. The van der Waals surface area contributed by atoms with Crippen LogP contribution in [0.4, 0.5) is 18.0 Å². The molecular formula is C33H34F3N3O6. The highest BCUT2D eigenvalue weighted by Crippen LogP contribution is 2.30. The molecule has 4 rings (SSSR count). The van der Waals surface area contributed by atoms with Gasteiger partial charge < -0.3 is 25.4 Å². The second-order valence-electron chi connectivity index (χ2n) is 11.0. The van der Waals surface area contributed by atoms with Gasteiger partial charge in [-0.05, 0) is 49.1 Å². The van der Waals surface area contributed by atoms with Gasteiger partial charge in [0.2, 0.25) is 11.8 Å². The molecule has 9 nitrogen and oxygen atoms in total. The van der Waals surface area contributed by atoms with E-state index in [9.17, 15) is 32.3 Å². The van der Waals surface area contributed by atoms with E-state index < -0.39 is 53.4 Å². The number of epoxide rings is 1. The number of nitrogens with one attached hydrogen (secondary N) is 3. The fourth-order valence-corrected chi connectivity index (χ4v) is 4.53. The monoisotopic (exact) mass is 625 g/mol. The molecule has 12 heteroatoms. The first-order chi connectivity index (χ1) is 21.3. The second-order valence-corrected chi connectivity index (χ2v) is 11.0. The Morgan fingerprint density at radius 3 is 1.84 bits per heavy atom. The van der Waals surface area contributed by atoms with Crippen molar-refractivity contribution in [2.24, 2.45) is 0 Å². The van der Waals surface area contributed by atoms with Crippen LogP contribution in [0.15, 0.2) is 84.9 Å². The van der Waals surface area contributed by atoms with Gasteiger partial charge in [0, 0.05) is 6.42 Å². The van der Waals surface area contributed by atoms with Crippen LogP contribution >= 0.6 is 0 Å².